The van der Waals surface area contributed by atoms with Crippen molar-refractivity contribution in [2.75, 3.05) is 5.32 Å². The van der Waals surface area contributed by atoms with Crippen molar-refractivity contribution in [2.45, 2.75) is 0 Å². The molecule has 1 amide bonds. The van der Waals surface area contributed by atoms with Crippen LogP contribution in [0, 0.1) is 5.82 Å². The van der Waals surface area contributed by atoms with Gasteiger partial charge in [0.05, 0.1) is 21.3 Å². The predicted molar refractivity (Wildman–Crippen MR) is 86.7 cm³/mol. The van der Waals surface area contributed by atoms with Crippen LogP contribution >= 0.6 is 35.4 Å². The second kappa shape index (κ2) is 6.39. The minimum atomic E-state index is -0.667. The highest BCUT2D eigenvalue weighted by atomic mass is 35.5. The van der Waals surface area contributed by atoms with Gasteiger partial charge in [-0.2, -0.15) is 0 Å². The SMILES string of the molecule is NC(=S)c1ccc(NC(=O)c2cccc(F)c2Cl)c(Cl)c1. The quantitative estimate of drug-likeness (QED) is 0.828. The van der Waals surface area contributed by atoms with E-state index < -0.39 is 11.7 Å². The van der Waals surface area contributed by atoms with E-state index in [9.17, 15) is 9.18 Å². The van der Waals surface area contributed by atoms with Gasteiger partial charge < -0.3 is 11.1 Å². The highest BCUT2D eigenvalue weighted by Crippen LogP contribution is 2.25. The van der Waals surface area contributed by atoms with Gasteiger partial charge in [-0.05, 0) is 30.3 Å². The minimum absolute atomic E-state index is 0.0196. The molecule has 0 saturated heterocycles. The van der Waals surface area contributed by atoms with Crippen molar-refractivity contribution >= 4 is 52.0 Å². The fourth-order valence-electron chi connectivity index (χ4n) is 1.64. The largest absolute Gasteiger partial charge is 0.389 e. The van der Waals surface area contributed by atoms with Gasteiger partial charge in [0.25, 0.3) is 5.91 Å². The van der Waals surface area contributed by atoms with Gasteiger partial charge in [-0.25, -0.2) is 4.39 Å². The summed E-state index contributed by atoms with van der Waals surface area (Å²) in [5.41, 5.74) is 6.44. The highest BCUT2D eigenvalue weighted by Gasteiger charge is 2.15. The van der Waals surface area contributed by atoms with Crippen LogP contribution in [0.2, 0.25) is 10.0 Å². The van der Waals surface area contributed by atoms with Gasteiger partial charge in [0.2, 0.25) is 0 Å². The van der Waals surface area contributed by atoms with Crippen LogP contribution in [0.1, 0.15) is 15.9 Å². The Morgan fingerprint density at radius 1 is 1.24 bits per heavy atom. The fourth-order valence-corrected chi connectivity index (χ4v) is 2.21. The number of thiocarbonyl (C=S) groups is 1. The number of hydrogen-bond acceptors (Lipinski definition) is 2. The molecular weight excluding hydrogens is 334 g/mol. The molecule has 0 radical (unpaired) electrons. The Morgan fingerprint density at radius 3 is 2.57 bits per heavy atom. The summed E-state index contributed by atoms with van der Waals surface area (Å²) in [4.78, 5) is 12.3. The molecule has 0 atom stereocenters. The third-order valence-corrected chi connectivity index (χ3v) is 3.63. The molecule has 0 aliphatic carbocycles. The first kappa shape index (κ1) is 15.7. The summed E-state index contributed by atoms with van der Waals surface area (Å²) in [5.74, 6) is -1.23. The van der Waals surface area contributed by atoms with E-state index in [0.29, 0.717) is 11.3 Å². The summed E-state index contributed by atoms with van der Waals surface area (Å²) < 4.78 is 13.3. The Kier molecular flexibility index (Phi) is 4.77. The summed E-state index contributed by atoms with van der Waals surface area (Å²) in [5, 5.41) is 2.58. The van der Waals surface area contributed by atoms with Crippen LogP contribution in [0.3, 0.4) is 0 Å². The van der Waals surface area contributed by atoms with Crippen LogP contribution in [0.25, 0.3) is 0 Å². The van der Waals surface area contributed by atoms with Crippen molar-refractivity contribution in [3.8, 4) is 0 Å². The lowest BCUT2D eigenvalue weighted by atomic mass is 10.1. The maximum absolute atomic E-state index is 13.3. The van der Waals surface area contributed by atoms with Crippen molar-refractivity contribution in [1.29, 1.82) is 0 Å². The van der Waals surface area contributed by atoms with E-state index in [4.69, 9.17) is 41.2 Å². The molecule has 0 bridgehead atoms. The molecule has 21 heavy (non-hydrogen) atoms. The molecule has 0 heterocycles. The lowest BCUT2D eigenvalue weighted by Crippen LogP contribution is -2.14. The van der Waals surface area contributed by atoms with Crippen LogP contribution < -0.4 is 11.1 Å². The Bertz CT molecular complexity index is 737. The van der Waals surface area contributed by atoms with Gasteiger partial charge in [-0.15, -0.1) is 0 Å². The molecule has 3 nitrogen and oxygen atoms in total. The highest BCUT2D eigenvalue weighted by molar-refractivity contribution is 7.80. The van der Waals surface area contributed by atoms with E-state index in [1.165, 1.54) is 24.3 Å². The zero-order valence-corrected chi connectivity index (χ0v) is 12.8. The maximum atomic E-state index is 13.3. The number of carbonyl (C=O) groups excluding carboxylic acids is 1. The van der Waals surface area contributed by atoms with Gasteiger partial charge in [-0.1, -0.05) is 41.5 Å². The van der Waals surface area contributed by atoms with Gasteiger partial charge >= 0.3 is 0 Å². The molecule has 0 aliphatic rings. The number of halogens is 3. The maximum Gasteiger partial charge on any atom is 0.257 e. The monoisotopic (exact) mass is 342 g/mol. The standard InChI is InChI=1S/C14H9Cl2FN2OS/c15-9-6-7(13(18)21)4-5-11(9)19-14(20)8-2-1-3-10(17)12(8)16/h1-6H,(H2,18,21)(H,19,20). The number of nitrogens with one attached hydrogen (secondary N) is 1. The average Bonchev–Trinajstić information content (AvgIpc) is 2.43. The Balaban J connectivity index is 2.28. The summed E-state index contributed by atoms with van der Waals surface area (Å²) >= 11 is 16.6. The fraction of sp³-hybridized carbons (Fsp3) is 0. The molecule has 0 aromatic heterocycles. The van der Waals surface area contributed by atoms with Crippen LogP contribution in [0.4, 0.5) is 10.1 Å². The third-order valence-electron chi connectivity index (χ3n) is 2.70. The number of nitrogens with two attached hydrogens (primary N) is 1. The molecule has 0 saturated carbocycles. The number of benzene rings is 2. The molecule has 2 aromatic rings. The number of anilines is 1. The molecular formula is C14H9Cl2FN2OS. The summed E-state index contributed by atoms with van der Waals surface area (Å²) in [6, 6.07) is 8.69. The van der Waals surface area contributed by atoms with Crippen molar-refractivity contribution in [3.63, 3.8) is 0 Å². The lowest BCUT2D eigenvalue weighted by Gasteiger charge is -2.10. The van der Waals surface area contributed by atoms with E-state index in [0.717, 1.165) is 0 Å². The molecule has 0 spiro atoms. The second-order valence-electron chi connectivity index (χ2n) is 4.11. The second-order valence-corrected chi connectivity index (χ2v) is 5.34. The van der Waals surface area contributed by atoms with E-state index in [1.54, 1.807) is 12.1 Å². The first-order valence-corrected chi connectivity index (χ1v) is 6.91. The van der Waals surface area contributed by atoms with E-state index in [-0.39, 0.29) is 20.6 Å². The molecule has 2 aromatic carbocycles. The van der Waals surface area contributed by atoms with Gasteiger partial charge in [0.1, 0.15) is 10.8 Å². The van der Waals surface area contributed by atoms with Gasteiger partial charge in [0, 0.05) is 5.56 Å². The summed E-state index contributed by atoms with van der Waals surface area (Å²) in [7, 11) is 0. The first-order valence-electron chi connectivity index (χ1n) is 5.75. The lowest BCUT2D eigenvalue weighted by molar-refractivity contribution is 0.102. The van der Waals surface area contributed by atoms with Crippen molar-refractivity contribution in [2.24, 2.45) is 5.73 Å². The van der Waals surface area contributed by atoms with Crippen LogP contribution in [0.5, 0.6) is 0 Å². The van der Waals surface area contributed by atoms with Crippen LogP contribution in [0.15, 0.2) is 36.4 Å². The molecule has 0 fully saturated rings. The van der Waals surface area contributed by atoms with Crippen LogP contribution in [-0.4, -0.2) is 10.9 Å². The first-order chi connectivity index (χ1) is 9.90. The molecule has 0 unspecified atom stereocenters. The Morgan fingerprint density at radius 2 is 1.95 bits per heavy atom. The van der Waals surface area contributed by atoms with Crippen molar-refractivity contribution in [1.82, 2.24) is 0 Å². The normalized spacial score (nSPS) is 10.2. The number of carbonyl (C=O) groups is 1. The molecule has 7 heteroatoms. The van der Waals surface area contributed by atoms with E-state index in [2.05, 4.69) is 5.32 Å². The van der Waals surface area contributed by atoms with Gasteiger partial charge in [0.15, 0.2) is 0 Å². The summed E-state index contributed by atoms with van der Waals surface area (Å²) in [6.45, 7) is 0. The number of rotatable bonds is 3. The molecule has 0 aliphatic heterocycles. The zero-order chi connectivity index (χ0) is 15.6. The van der Waals surface area contributed by atoms with Gasteiger partial charge in [-0.3, -0.25) is 4.79 Å². The Hall–Kier alpha value is -1.69. The Labute approximate surface area is 135 Å². The summed E-state index contributed by atoms with van der Waals surface area (Å²) in [6.07, 6.45) is 0. The van der Waals surface area contributed by atoms with Crippen molar-refractivity contribution < 1.29 is 9.18 Å². The van der Waals surface area contributed by atoms with Crippen molar-refractivity contribution in [3.05, 3.63) is 63.4 Å². The van der Waals surface area contributed by atoms with Crippen LogP contribution in [-0.2, 0) is 0 Å². The predicted octanol–water partition coefficient (Wildman–Crippen LogP) is 4.02. The smallest absolute Gasteiger partial charge is 0.257 e. The third kappa shape index (κ3) is 3.50. The minimum Gasteiger partial charge on any atom is -0.389 e. The van der Waals surface area contributed by atoms with E-state index in [1.807, 2.05) is 0 Å². The topological polar surface area (TPSA) is 55.1 Å². The number of hydrogen-bond donors (Lipinski definition) is 2. The average molecular weight is 343 g/mol. The zero-order valence-electron chi connectivity index (χ0n) is 10.5. The molecule has 108 valence electrons. The molecule has 2 rings (SSSR count). The van der Waals surface area contributed by atoms with E-state index >= 15 is 0 Å². The number of amides is 1. The molecule has 3 N–H and O–H groups in total.